The standard InChI is InChI=1S/C29H23FO3/c1-33-26-18-14-24(15-19-26)29(23-12-16-25(30)17-13-23,28(32)22-10-6-3-7-11-22)20-27(31)21-8-4-2-5-9-21/h2-19H,20H2,1H3. The molecule has 0 aliphatic carbocycles. The number of ether oxygens (including phenoxy) is 1. The first-order chi connectivity index (χ1) is 16.0. The quantitative estimate of drug-likeness (QED) is 0.304. The van der Waals surface area contributed by atoms with Crippen LogP contribution in [0.2, 0.25) is 0 Å². The maximum absolute atomic E-state index is 14.2. The van der Waals surface area contributed by atoms with Crippen LogP contribution in [0, 0.1) is 5.82 Å². The van der Waals surface area contributed by atoms with Crippen molar-refractivity contribution in [1.82, 2.24) is 0 Å². The normalized spacial score (nSPS) is 12.5. The Bertz CT molecular complexity index is 1230. The number of benzene rings is 4. The van der Waals surface area contributed by atoms with E-state index in [9.17, 15) is 14.0 Å². The van der Waals surface area contributed by atoms with Crippen LogP contribution in [0.25, 0.3) is 0 Å². The molecule has 0 spiro atoms. The summed E-state index contributed by atoms with van der Waals surface area (Å²) >= 11 is 0. The van der Waals surface area contributed by atoms with E-state index in [1.165, 1.54) is 12.1 Å². The van der Waals surface area contributed by atoms with E-state index in [4.69, 9.17) is 4.74 Å². The molecule has 0 bridgehead atoms. The lowest BCUT2D eigenvalue weighted by Gasteiger charge is -2.33. The molecule has 0 saturated heterocycles. The third-order valence-electron chi connectivity index (χ3n) is 5.86. The van der Waals surface area contributed by atoms with Crippen molar-refractivity contribution in [2.75, 3.05) is 7.11 Å². The molecule has 3 nitrogen and oxygen atoms in total. The van der Waals surface area contributed by atoms with Crippen molar-refractivity contribution in [3.63, 3.8) is 0 Å². The van der Waals surface area contributed by atoms with Gasteiger partial charge in [0.15, 0.2) is 11.6 Å². The SMILES string of the molecule is COc1ccc(C(CC(=O)c2ccccc2)(C(=O)c2ccccc2)c2ccc(F)cc2)cc1. The van der Waals surface area contributed by atoms with Crippen LogP contribution in [0.4, 0.5) is 4.39 Å². The van der Waals surface area contributed by atoms with Gasteiger partial charge in [-0.05, 0) is 35.4 Å². The summed E-state index contributed by atoms with van der Waals surface area (Å²) in [4.78, 5) is 27.7. The molecule has 0 aromatic heterocycles. The van der Waals surface area contributed by atoms with Crippen LogP contribution < -0.4 is 4.74 Å². The third-order valence-corrected chi connectivity index (χ3v) is 5.86. The molecule has 4 heteroatoms. The molecule has 0 saturated carbocycles. The van der Waals surface area contributed by atoms with Gasteiger partial charge in [-0.25, -0.2) is 4.39 Å². The van der Waals surface area contributed by atoms with Crippen LogP contribution >= 0.6 is 0 Å². The summed E-state index contributed by atoms with van der Waals surface area (Å²) in [6.45, 7) is 0. The lowest BCUT2D eigenvalue weighted by atomic mass is 9.66. The van der Waals surface area contributed by atoms with Crippen molar-refractivity contribution < 1.29 is 18.7 Å². The number of rotatable bonds is 8. The average molecular weight is 438 g/mol. The number of Topliss-reactive ketones (excluding diaryl/α,β-unsaturated/α-hetero) is 2. The van der Waals surface area contributed by atoms with Gasteiger partial charge < -0.3 is 4.74 Å². The molecule has 0 fully saturated rings. The van der Waals surface area contributed by atoms with Gasteiger partial charge in [-0.3, -0.25) is 9.59 Å². The summed E-state index contributed by atoms with van der Waals surface area (Å²) in [5, 5.41) is 0. The Morgan fingerprint density at radius 3 is 1.70 bits per heavy atom. The van der Waals surface area contributed by atoms with Gasteiger partial charge in [0.25, 0.3) is 0 Å². The second-order valence-corrected chi connectivity index (χ2v) is 7.80. The third kappa shape index (κ3) is 4.46. The van der Waals surface area contributed by atoms with Gasteiger partial charge in [0.2, 0.25) is 0 Å². The Labute approximate surface area is 192 Å². The first-order valence-corrected chi connectivity index (χ1v) is 10.6. The first-order valence-electron chi connectivity index (χ1n) is 10.6. The number of halogens is 1. The predicted octanol–water partition coefficient (Wildman–Crippen LogP) is 6.28. The Morgan fingerprint density at radius 2 is 1.18 bits per heavy atom. The fourth-order valence-corrected chi connectivity index (χ4v) is 4.13. The van der Waals surface area contributed by atoms with Gasteiger partial charge in [-0.15, -0.1) is 0 Å². The van der Waals surface area contributed by atoms with Crippen molar-refractivity contribution in [3.05, 3.63) is 137 Å². The molecule has 4 aromatic carbocycles. The summed E-state index contributed by atoms with van der Waals surface area (Å²) in [6, 6.07) is 30.7. The van der Waals surface area contributed by atoms with E-state index in [1.54, 1.807) is 92.0 Å². The summed E-state index contributed by atoms with van der Waals surface area (Å²) in [5.41, 5.74) is 0.811. The molecule has 4 aromatic rings. The molecule has 1 unspecified atom stereocenters. The zero-order valence-electron chi connectivity index (χ0n) is 18.2. The molecule has 164 valence electrons. The highest BCUT2D eigenvalue weighted by Crippen LogP contribution is 2.41. The summed E-state index contributed by atoms with van der Waals surface area (Å²) in [5.74, 6) is -0.193. The van der Waals surface area contributed by atoms with Gasteiger partial charge in [-0.2, -0.15) is 0 Å². The van der Waals surface area contributed by atoms with Crippen LogP contribution in [0.15, 0.2) is 109 Å². The van der Waals surface area contributed by atoms with Gasteiger partial charge in [-0.1, -0.05) is 84.9 Å². The Balaban J connectivity index is 1.96. The number of methoxy groups -OCH3 is 1. The summed E-state index contributed by atoms with van der Waals surface area (Å²) < 4.78 is 19.2. The minimum atomic E-state index is -1.35. The molecular weight excluding hydrogens is 415 g/mol. The van der Waals surface area contributed by atoms with Crippen molar-refractivity contribution in [2.24, 2.45) is 0 Å². The van der Waals surface area contributed by atoms with E-state index >= 15 is 0 Å². The maximum atomic E-state index is 14.2. The highest BCUT2D eigenvalue weighted by molar-refractivity contribution is 6.11. The monoisotopic (exact) mass is 438 g/mol. The van der Waals surface area contributed by atoms with Gasteiger partial charge in [0.05, 0.1) is 12.5 Å². The average Bonchev–Trinajstić information content (AvgIpc) is 2.88. The molecule has 0 N–H and O–H groups in total. The van der Waals surface area contributed by atoms with E-state index < -0.39 is 11.2 Å². The molecule has 0 aliphatic heterocycles. The van der Waals surface area contributed by atoms with Crippen LogP contribution in [0.5, 0.6) is 5.75 Å². The van der Waals surface area contributed by atoms with E-state index in [-0.39, 0.29) is 18.0 Å². The van der Waals surface area contributed by atoms with Crippen molar-refractivity contribution in [2.45, 2.75) is 11.8 Å². The minimum Gasteiger partial charge on any atom is -0.497 e. The Morgan fingerprint density at radius 1 is 0.697 bits per heavy atom. The highest BCUT2D eigenvalue weighted by atomic mass is 19.1. The minimum absolute atomic E-state index is 0.108. The fraction of sp³-hybridized carbons (Fsp3) is 0.103. The number of carbonyl (C=O) groups excluding carboxylic acids is 2. The van der Waals surface area contributed by atoms with Gasteiger partial charge in [0, 0.05) is 17.5 Å². The smallest absolute Gasteiger partial charge is 0.178 e. The number of carbonyl (C=O) groups is 2. The maximum Gasteiger partial charge on any atom is 0.178 e. The highest BCUT2D eigenvalue weighted by Gasteiger charge is 2.44. The zero-order chi connectivity index (χ0) is 23.3. The zero-order valence-corrected chi connectivity index (χ0v) is 18.2. The summed E-state index contributed by atoms with van der Waals surface area (Å²) in [7, 11) is 1.57. The number of hydrogen-bond acceptors (Lipinski definition) is 3. The van der Waals surface area contributed by atoms with Crippen LogP contribution in [-0.4, -0.2) is 18.7 Å². The fourth-order valence-electron chi connectivity index (χ4n) is 4.13. The van der Waals surface area contributed by atoms with E-state index in [0.29, 0.717) is 28.0 Å². The van der Waals surface area contributed by atoms with E-state index in [1.807, 2.05) is 12.1 Å². The Hall–Kier alpha value is -4.05. The molecule has 0 heterocycles. The molecule has 4 rings (SSSR count). The lowest BCUT2D eigenvalue weighted by molar-refractivity contribution is 0.0843. The number of hydrogen-bond donors (Lipinski definition) is 0. The second kappa shape index (κ2) is 9.61. The van der Waals surface area contributed by atoms with Crippen molar-refractivity contribution >= 4 is 11.6 Å². The topological polar surface area (TPSA) is 43.4 Å². The molecule has 1 atom stereocenters. The largest absolute Gasteiger partial charge is 0.497 e. The van der Waals surface area contributed by atoms with Crippen molar-refractivity contribution in [1.29, 1.82) is 0 Å². The van der Waals surface area contributed by atoms with Crippen LogP contribution in [-0.2, 0) is 5.41 Å². The molecular formula is C29H23FO3. The Kier molecular flexibility index (Phi) is 6.45. The van der Waals surface area contributed by atoms with Gasteiger partial charge >= 0.3 is 0 Å². The van der Waals surface area contributed by atoms with Crippen molar-refractivity contribution in [3.8, 4) is 5.75 Å². The lowest BCUT2D eigenvalue weighted by Crippen LogP contribution is -2.39. The van der Waals surface area contributed by atoms with E-state index in [0.717, 1.165) is 0 Å². The first kappa shape index (κ1) is 22.2. The van der Waals surface area contributed by atoms with Crippen LogP contribution in [0.3, 0.4) is 0 Å². The molecule has 0 amide bonds. The second-order valence-electron chi connectivity index (χ2n) is 7.80. The molecule has 0 aliphatic rings. The van der Waals surface area contributed by atoms with Crippen LogP contribution in [0.1, 0.15) is 38.3 Å². The molecule has 0 radical (unpaired) electrons. The molecule has 33 heavy (non-hydrogen) atoms. The predicted molar refractivity (Wildman–Crippen MR) is 126 cm³/mol. The number of ketones is 2. The summed E-state index contributed by atoms with van der Waals surface area (Å²) in [6.07, 6.45) is -0.108. The van der Waals surface area contributed by atoms with E-state index in [2.05, 4.69) is 0 Å². The van der Waals surface area contributed by atoms with Gasteiger partial charge in [0.1, 0.15) is 11.6 Å².